The third-order valence-corrected chi connectivity index (χ3v) is 4.54. The van der Waals surface area contributed by atoms with Gasteiger partial charge in [0, 0.05) is 0 Å². The van der Waals surface area contributed by atoms with Crippen LogP contribution in [0.25, 0.3) is 21.5 Å². The average molecular weight is 290 g/mol. The third kappa shape index (κ3) is 2.41. The highest BCUT2D eigenvalue weighted by Crippen LogP contribution is 2.37. The summed E-state index contributed by atoms with van der Waals surface area (Å²) in [7, 11) is 0. The van der Waals surface area contributed by atoms with Crippen LogP contribution in [0, 0.1) is 0 Å². The minimum atomic E-state index is 0.162. The van der Waals surface area contributed by atoms with Gasteiger partial charge >= 0.3 is 0 Å². The SMILES string of the molecule is CC(C)(C)c1cccc2c1ccc1c(C(C)(C)C)cccc12. The largest absolute Gasteiger partial charge is 0.0613 e. The maximum Gasteiger partial charge on any atom is -0.0102 e. The Morgan fingerprint density at radius 2 is 0.818 bits per heavy atom. The van der Waals surface area contributed by atoms with Gasteiger partial charge in [-0.2, -0.15) is 0 Å². The van der Waals surface area contributed by atoms with E-state index in [1.807, 2.05) is 0 Å². The van der Waals surface area contributed by atoms with Crippen molar-refractivity contribution in [1.82, 2.24) is 0 Å². The van der Waals surface area contributed by atoms with Crippen LogP contribution in [-0.2, 0) is 10.8 Å². The van der Waals surface area contributed by atoms with Crippen molar-refractivity contribution in [2.24, 2.45) is 0 Å². The lowest BCUT2D eigenvalue weighted by Gasteiger charge is -2.24. The van der Waals surface area contributed by atoms with Gasteiger partial charge in [0.15, 0.2) is 0 Å². The van der Waals surface area contributed by atoms with Crippen molar-refractivity contribution in [3.8, 4) is 0 Å². The summed E-state index contributed by atoms with van der Waals surface area (Å²) < 4.78 is 0. The molecule has 0 amide bonds. The summed E-state index contributed by atoms with van der Waals surface area (Å²) >= 11 is 0. The fourth-order valence-electron chi connectivity index (χ4n) is 3.43. The van der Waals surface area contributed by atoms with E-state index >= 15 is 0 Å². The fourth-order valence-corrected chi connectivity index (χ4v) is 3.43. The fraction of sp³-hybridized carbons (Fsp3) is 0.364. The van der Waals surface area contributed by atoms with E-state index in [4.69, 9.17) is 0 Å². The van der Waals surface area contributed by atoms with E-state index in [1.165, 1.54) is 32.7 Å². The molecule has 0 heteroatoms. The van der Waals surface area contributed by atoms with Gasteiger partial charge in [0.1, 0.15) is 0 Å². The third-order valence-electron chi connectivity index (χ3n) is 4.54. The Bertz CT molecular complexity index is 767. The van der Waals surface area contributed by atoms with Crippen LogP contribution in [0.2, 0.25) is 0 Å². The van der Waals surface area contributed by atoms with Gasteiger partial charge in [0.25, 0.3) is 0 Å². The maximum atomic E-state index is 2.31. The summed E-state index contributed by atoms with van der Waals surface area (Å²) in [5.41, 5.74) is 3.17. The summed E-state index contributed by atoms with van der Waals surface area (Å²) in [5.74, 6) is 0. The molecule has 0 nitrogen and oxygen atoms in total. The molecule has 3 aromatic carbocycles. The molecule has 0 spiro atoms. The Morgan fingerprint density at radius 1 is 0.455 bits per heavy atom. The second-order valence-corrected chi connectivity index (χ2v) is 8.37. The Balaban J connectivity index is 2.44. The second kappa shape index (κ2) is 4.84. The Morgan fingerprint density at radius 3 is 1.14 bits per heavy atom. The van der Waals surface area contributed by atoms with E-state index in [-0.39, 0.29) is 10.8 Å². The number of hydrogen-bond acceptors (Lipinski definition) is 0. The Kier molecular flexibility index (Phi) is 3.32. The van der Waals surface area contributed by atoms with E-state index in [9.17, 15) is 0 Å². The van der Waals surface area contributed by atoms with Crippen LogP contribution in [0.15, 0.2) is 48.5 Å². The molecule has 0 unspecified atom stereocenters. The molecule has 3 rings (SSSR count). The molecule has 114 valence electrons. The molecule has 0 aliphatic rings. The van der Waals surface area contributed by atoms with E-state index < -0.39 is 0 Å². The molecule has 0 radical (unpaired) electrons. The summed E-state index contributed by atoms with van der Waals surface area (Å²) in [6, 6.07) is 18.1. The summed E-state index contributed by atoms with van der Waals surface area (Å²) in [5, 5.41) is 5.51. The van der Waals surface area contributed by atoms with Gasteiger partial charge in [0.2, 0.25) is 0 Å². The zero-order chi connectivity index (χ0) is 16.1. The highest BCUT2D eigenvalue weighted by atomic mass is 14.2. The van der Waals surface area contributed by atoms with Crippen molar-refractivity contribution in [1.29, 1.82) is 0 Å². The second-order valence-electron chi connectivity index (χ2n) is 8.37. The lowest BCUT2D eigenvalue weighted by atomic mass is 9.80. The number of hydrogen-bond donors (Lipinski definition) is 0. The van der Waals surface area contributed by atoms with Gasteiger partial charge in [0.05, 0.1) is 0 Å². The molecule has 0 aromatic heterocycles. The molecule has 0 aliphatic heterocycles. The summed E-state index contributed by atoms with van der Waals surface area (Å²) in [6.07, 6.45) is 0. The van der Waals surface area contributed by atoms with E-state index in [2.05, 4.69) is 90.1 Å². The standard InChI is InChI=1S/C22H26/c1-21(2,3)19-11-7-9-15-16-10-8-12-20(22(4,5)6)18(16)14-13-17(15)19/h7-14H,1-6H3. The molecular weight excluding hydrogens is 264 g/mol. The van der Waals surface area contributed by atoms with Crippen molar-refractivity contribution < 1.29 is 0 Å². The van der Waals surface area contributed by atoms with E-state index in [0.29, 0.717) is 0 Å². The molecule has 0 N–H and O–H groups in total. The molecule has 22 heavy (non-hydrogen) atoms. The van der Waals surface area contributed by atoms with Gasteiger partial charge in [-0.15, -0.1) is 0 Å². The van der Waals surface area contributed by atoms with Crippen LogP contribution < -0.4 is 0 Å². The van der Waals surface area contributed by atoms with Crippen molar-refractivity contribution in [3.05, 3.63) is 59.7 Å². The van der Waals surface area contributed by atoms with Gasteiger partial charge in [-0.3, -0.25) is 0 Å². The quantitative estimate of drug-likeness (QED) is 0.410. The molecule has 0 bridgehead atoms. The summed E-state index contributed by atoms with van der Waals surface area (Å²) in [4.78, 5) is 0. The van der Waals surface area contributed by atoms with Crippen LogP contribution in [0.4, 0.5) is 0 Å². The molecule has 0 saturated carbocycles. The average Bonchev–Trinajstić information content (AvgIpc) is 2.43. The lowest BCUT2D eigenvalue weighted by Crippen LogP contribution is -2.12. The topological polar surface area (TPSA) is 0 Å². The van der Waals surface area contributed by atoms with Crippen LogP contribution in [0.5, 0.6) is 0 Å². The lowest BCUT2D eigenvalue weighted by molar-refractivity contribution is 0.595. The van der Waals surface area contributed by atoms with Gasteiger partial charge in [-0.05, 0) is 43.5 Å². The Hall–Kier alpha value is -1.82. The first kappa shape index (κ1) is 15.1. The first-order chi connectivity index (χ1) is 10.2. The normalized spacial score (nSPS) is 13.0. The van der Waals surface area contributed by atoms with E-state index in [0.717, 1.165) is 0 Å². The predicted octanol–water partition coefficient (Wildman–Crippen LogP) is 6.59. The minimum absolute atomic E-state index is 0.162. The molecule has 3 aromatic rings. The Labute approximate surface area is 134 Å². The van der Waals surface area contributed by atoms with Crippen molar-refractivity contribution in [2.75, 3.05) is 0 Å². The van der Waals surface area contributed by atoms with E-state index in [1.54, 1.807) is 0 Å². The molecule has 0 aliphatic carbocycles. The van der Waals surface area contributed by atoms with Gasteiger partial charge in [-0.1, -0.05) is 90.1 Å². The predicted molar refractivity (Wildman–Crippen MR) is 98.9 cm³/mol. The highest BCUT2D eigenvalue weighted by Gasteiger charge is 2.20. The number of benzene rings is 3. The molecule has 0 saturated heterocycles. The zero-order valence-corrected chi connectivity index (χ0v) is 14.6. The summed E-state index contributed by atoms with van der Waals surface area (Å²) in [6.45, 7) is 13.7. The van der Waals surface area contributed by atoms with Crippen LogP contribution in [-0.4, -0.2) is 0 Å². The van der Waals surface area contributed by atoms with Crippen LogP contribution in [0.1, 0.15) is 52.7 Å². The van der Waals surface area contributed by atoms with Crippen LogP contribution >= 0.6 is 0 Å². The first-order valence-electron chi connectivity index (χ1n) is 8.15. The molecule has 0 fully saturated rings. The monoisotopic (exact) mass is 290 g/mol. The maximum absolute atomic E-state index is 2.31. The minimum Gasteiger partial charge on any atom is -0.0613 e. The number of fused-ring (bicyclic) bond motifs is 3. The van der Waals surface area contributed by atoms with Gasteiger partial charge < -0.3 is 0 Å². The van der Waals surface area contributed by atoms with Crippen molar-refractivity contribution in [3.63, 3.8) is 0 Å². The first-order valence-corrected chi connectivity index (χ1v) is 8.15. The molecule has 0 heterocycles. The van der Waals surface area contributed by atoms with Gasteiger partial charge in [-0.25, -0.2) is 0 Å². The zero-order valence-electron chi connectivity index (χ0n) is 14.6. The molecule has 0 atom stereocenters. The smallest absolute Gasteiger partial charge is 0.0102 e. The molecular formula is C22H26. The van der Waals surface area contributed by atoms with Crippen molar-refractivity contribution in [2.45, 2.75) is 52.4 Å². The number of rotatable bonds is 0. The highest BCUT2D eigenvalue weighted by molar-refractivity contribution is 6.09. The van der Waals surface area contributed by atoms with Crippen molar-refractivity contribution >= 4 is 21.5 Å². The van der Waals surface area contributed by atoms with Crippen LogP contribution in [0.3, 0.4) is 0 Å².